The van der Waals surface area contributed by atoms with Crippen LogP contribution in [-0.2, 0) is 11.4 Å². The number of nitrogens with zero attached hydrogens (tertiary/aromatic N) is 2. The summed E-state index contributed by atoms with van der Waals surface area (Å²) >= 11 is 5.74. The Morgan fingerprint density at radius 1 is 1.13 bits per heavy atom. The Labute approximate surface area is 201 Å². The van der Waals surface area contributed by atoms with Gasteiger partial charge in [0.1, 0.15) is 18.2 Å². The zero-order chi connectivity index (χ0) is 22.0. The van der Waals surface area contributed by atoms with Crippen molar-refractivity contribution in [3.8, 4) is 5.75 Å². The molecular formula is C24H17BrFIN2O2. The Bertz CT molecular complexity index is 1190. The Morgan fingerprint density at radius 3 is 2.61 bits per heavy atom. The number of halogens is 3. The van der Waals surface area contributed by atoms with E-state index < -0.39 is 0 Å². The number of benzene rings is 3. The van der Waals surface area contributed by atoms with E-state index in [9.17, 15) is 9.18 Å². The van der Waals surface area contributed by atoms with Gasteiger partial charge in [0, 0.05) is 0 Å². The van der Waals surface area contributed by atoms with Gasteiger partial charge in [0.2, 0.25) is 0 Å². The summed E-state index contributed by atoms with van der Waals surface area (Å²) in [6.45, 7) is 2.08. The second kappa shape index (κ2) is 9.32. The first kappa shape index (κ1) is 21.7. The van der Waals surface area contributed by atoms with Crippen LogP contribution in [0.4, 0.5) is 10.1 Å². The summed E-state index contributed by atoms with van der Waals surface area (Å²) in [4.78, 5) is 12.9. The van der Waals surface area contributed by atoms with Gasteiger partial charge in [-0.15, -0.1) is 0 Å². The van der Waals surface area contributed by atoms with Crippen LogP contribution in [0.25, 0.3) is 6.08 Å². The predicted octanol–water partition coefficient (Wildman–Crippen LogP) is 6.58. The number of hydrogen-bond donors (Lipinski definition) is 0. The van der Waals surface area contributed by atoms with Crippen molar-refractivity contribution >= 4 is 61.9 Å². The summed E-state index contributed by atoms with van der Waals surface area (Å²) in [5, 5.41) is 5.83. The maximum Gasteiger partial charge on any atom is 0.280 e. The Balaban J connectivity index is 1.56. The van der Waals surface area contributed by atoms with Gasteiger partial charge < -0.3 is 4.74 Å². The van der Waals surface area contributed by atoms with Crippen molar-refractivity contribution < 1.29 is 13.9 Å². The van der Waals surface area contributed by atoms with Gasteiger partial charge >= 0.3 is 0 Å². The van der Waals surface area contributed by atoms with Crippen molar-refractivity contribution in [1.29, 1.82) is 0 Å². The van der Waals surface area contributed by atoms with E-state index in [4.69, 9.17) is 4.74 Å². The van der Waals surface area contributed by atoms with Gasteiger partial charge in [-0.05, 0) is 99.0 Å². The molecule has 0 atom stereocenters. The molecule has 1 amide bonds. The molecule has 0 unspecified atom stereocenters. The number of hydrazone groups is 1. The summed E-state index contributed by atoms with van der Waals surface area (Å²) in [5.74, 6) is 0.210. The van der Waals surface area contributed by atoms with Crippen LogP contribution >= 0.6 is 38.5 Å². The molecule has 3 aromatic carbocycles. The maximum atomic E-state index is 13.4. The van der Waals surface area contributed by atoms with E-state index in [-0.39, 0.29) is 18.3 Å². The van der Waals surface area contributed by atoms with Gasteiger partial charge in [-0.3, -0.25) is 4.79 Å². The quantitative estimate of drug-likeness (QED) is 0.249. The van der Waals surface area contributed by atoms with Crippen molar-refractivity contribution in [3.63, 3.8) is 0 Å². The van der Waals surface area contributed by atoms with E-state index in [0.717, 1.165) is 24.9 Å². The number of rotatable bonds is 5. The highest BCUT2D eigenvalue weighted by Gasteiger charge is 2.28. The number of carbonyl (C=O) groups is 1. The molecule has 0 N–H and O–H groups in total. The van der Waals surface area contributed by atoms with Crippen LogP contribution in [0.15, 0.2) is 81.9 Å². The lowest BCUT2D eigenvalue weighted by Crippen LogP contribution is -2.21. The number of para-hydroxylation sites is 1. The van der Waals surface area contributed by atoms with Crippen molar-refractivity contribution in [2.75, 3.05) is 5.01 Å². The number of hydrogen-bond acceptors (Lipinski definition) is 3. The zero-order valence-electron chi connectivity index (χ0n) is 16.5. The predicted molar refractivity (Wildman–Crippen MR) is 133 cm³/mol. The molecule has 0 aliphatic carbocycles. The normalized spacial score (nSPS) is 14.8. The van der Waals surface area contributed by atoms with E-state index in [2.05, 4.69) is 43.6 Å². The molecule has 0 fully saturated rings. The van der Waals surface area contributed by atoms with Gasteiger partial charge in [-0.1, -0.05) is 30.3 Å². The molecular weight excluding hydrogens is 574 g/mol. The fourth-order valence-electron chi connectivity index (χ4n) is 3.18. The third-order valence-electron chi connectivity index (χ3n) is 4.67. The third kappa shape index (κ3) is 4.88. The number of amides is 1. The fraction of sp³-hybridized carbons (Fsp3) is 0.0833. The first-order chi connectivity index (χ1) is 14.9. The van der Waals surface area contributed by atoms with Crippen molar-refractivity contribution in [3.05, 3.63) is 97.3 Å². The Kier molecular flexibility index (Phi) is 6.52. The van der Waals surface area contributed by atoms with Crippen molar-refractivity contribution in [1.82, 2.24) is 0 Å². The highest BCUT2D eigenvalue weighted by molar-refractivity contribution is 14.1. The van der Waals surface area contributed by atoms with Crippen molar-refractivity contribution in [2.24, 2.45) is 5.10 Å². The van der Waals surface area contributed by atoms with Crippen LogP contribution in [0.3, 0.4) is 0 Å². The fourth-order valence-corrected chi connectivity index (χ4v) is 4.95. The second-order valence-corrected chi connectivity index (χ2v) is 8.94. The van der Waals surface area contributed by atoms with Crippen molar-refractivity contribution in [2.45, 2.75) is 13.5 Å². The largest absolute Gasteiger partial charge is 0.487 e. The highest BCUT2D eigenvalue weighted by atomic mass is 127. The topological polar surface area (TPSA) is 41.9 Å². The molecule has 4 rings (SSSR count). The first-order valence-corrected chi connectivity index (χ1v) is 11.3. The molecule has 3 aromatic rings. The molecule has 7 heteroatoms. The molecule has 0 spiro atoms. The van der Waals surface area contributed by atoms with Crippen LogP contribution in [0.2, 0.25) is 0 Å². The molecule has 0 radical (unpaired) electrons. The zero-order valence-corrected chi connectivity index (χ0v) is 20.2. The average Bonchev–Trinajstić information content (AvgIpc) is 3.02. The van der Waals surface area contributed by atoms with E-state index >= 15 is 0 Å². The number of carbonyl (C=O) groups excluding carboxylic acids is 1. The van der Waals surface area contributed by atoms with Gasteiger partial charge in [-0.2, -0.15) is 10.1 Å². The summed E-state index contributed by atoms with van der Waals surface area (Å²) in [7, 11) is 0. The third-order valence-corrected chi connectivity index (χ3v) is 6.06. The smallest absolute Gasteiger partial charge is 0.280 e. The van der Waals surface area contributed by atoms with Gasteiger partial charge in [0.05, 0.1) is 25.0 Å². The second-order valence-electron chi connectivity index (χ2n) is 6.93. The molecule has 0 bridgehead atoms. The minimum absolute atomic E-state index is 0.165. The van der Waals surface area contributed by atoms with Crippen LogP contribution in [0, 0.1) is 9.39 Å². The number of anilines is 1. The molecule has 4 nitrogen and oxygen atoms in total. The lowest BCUT2D eigenvalue weighted by Gasteiger charge is -2.12. The molecule has 156 valence electrons. The van der Waals surface area contributed by atoms with Gasteiger partial charge in [0.15, 0.2) is 0 Å². The van der Waals surface area contributed by atoms with E-state index in [1.807, 2.05) is 61.5 Å². The monoisotopic (exact) mass is 590 g/mol. The lowest BCUT2D eigenvalue weighted by molar-refractivity contribution is -0.114. The number of ether oxygens (including phenoxy) is 1. The molecule has 1 aliphatic heterocycles. The maximum absolute atomic E-state index is 13.4. The highest BCUT2D eigenvalue weighted by Crippen LogP contribution is 2.34. The summed E-state index contributed by atoms with van der Waals surface area (Å²) in [5.41, 5.74) is 3.53. The lowest BCUT2D eigenvalue weighted by atomic mass is 10.1. The van der Waals surface area contributed by atoms with E-state index in [1.165, 1.54) is 17.1 Å². The van der Waals surface area contributed by atoms with Crippen LogP contribution in [-0.4, -0.2) is 11.6 Å². The summed E-state index contributed by atoms with van der Waals surface area (Å²) in [6.07, 6.45) is 1.83. The molecule has 1 aliphatic rings. The minimum atomic E-state index is -0.292. The Hall–Kier alpha value is -2.52. The standard InChI is InChI=1S/C24H17BrFIN2O2/c1-15-20(24(30)29(28-15)19-8-3-2-4-9-19)11-17-12-21(25)23(22(27)13-17)31-14-16-6-5-7-18(26)10-16/h2-13H,14H2,1H3/b20-11+. The van der Waals surface area contributed by atoms with E-state index in [0.29, 0.717) is 17.0 Å². The Morgan fingerprint density at radius 2 is 1.90 bits per heavy atom. The molecule has 0 saturated carbocycles. The molecule has 31 heavy (non-hydrogen) atoms. The van der Waals surface area contributed by atoms with Gasteiger partial charge in [-0.25, -0.2) is 4.39 Å². The average molecular weight is 591 g/mol. The minimum Gasteiger partial charge on any atom is -0.487 e. The van der Waals surface area contributed by atoms with Crippen LogP contribution in [0.1, 0.15) is 18.1 Å². The van der Waals surface area contributed by atoms with Gasteiger partial charge in [0.25, 0.3) is 5.91 Å². The first-order valence-electron chi connectivity index (χ1n) is 9.45. The SMILES string of the molecule is CC1=NN(c2ccccc2)C(=O)/C1=C/c1cc(Br)c(OCc2cccc(F)c2)c(I)c1. The summed E-state index contributed by atoms with van der Waals surface area (Å²) in [6, 6.07) is 19.5. The van der Waals surface area contributed by atoms with E-state index in [1.54, 1.807) is 6.07 Å². The molecule has 0 aromatic heterocycles. The van der Waals surface area contributed by atoms with Crippen LogP contribution < -0.4 is 9.75 Å². The van der Waals surface area contributed by atoms with Crippen LogP contribution in [0.5, 0.6) is 5.75 Å². The molecule has 0 saturated heterocycles. The molecule has 1 heterocycles. The summed E-state index contributed by atoms with van der Waals surface area (Å²) < 4.78 is 20.9.